The number of rotatable bonds is 6. The van der Waals surface area contributed by atoms with Gasteiger partial charge in [0.05, 0.1) is 5.92 Å². The summed E-state index contributed by atoms with van der Waals surface area (Å²) in [4.78, 5) is 14.5. The molecule has 18 heavy (non-hydrogen) atoms. The van der Waals surface area contributed by atoms with Crippen LogP contribution in [-0.2, 0) is 4.79 Å². The van der Waals surface area contributed by atoms with E-state index in [-0.39, 0.29) is 11.8 Å². The Bertz CT molecular complexity index is 387. The van der Waals surface area contributed by atoms with E-state index in [0.717, 1.165) is 31.4 Å². The molecule has 0 aromatic heterocycles. The van der Waals surface area contributed by atoms with E-state index in [1.54, 1.807) is 0 Å². The Balaban J connectivity index is 2.03. The third kappa shape index (κ3) is 3.10. The summed E-state index contributed by atoms with van der Waals surface area (Å²) in [6.07, 6.45) is 3.19. The lowest BCUT2D eigenvalue weighted by Gasteiger charge is -2.25. The molecule has 0 heterocycles. The number of carbonyl (C=O) groups excluding carboxylic acids is 1. The number of amides is 1. The topological polar surface area (TPSA) is 46.3 Å². The predicted octanol–water partition coefficient (Wildman–Crippen LogP) is 2.13. The zero-order valence-corrected chi connectivity index (χ0v) is 11.0. The normalized spacial score (nSPS) is 16.3. The second-order valence-corrected chi connectivity index (χ2v) is 5.04. The smallest absolute Gasteiger partial charge is 0.230 e. The molecule has 1 saturated carbocycles. The van der Waals surface area contributed by atoms with E-state index in [2.05, 4.69) is 0 Å². The fourth-order valence-electron chi connectivity index (χ4n) is 2.25. The van der Waals surface area contributed by atoms with Crippen molar-refractivity contribution in [2.45, 2.75) is 38.1 Å². The molecule has 2 rings (SSSR count). The average Bonchev–Trinajstić information content (AvgIpc) is 3.24. The molecule has 0 spiro atoms. The van der Waals surface area contributed by atoms with E-state index in [4.69, 9.17) is 5.73 Å². The Morgan fingerprint density at radius 2 is 2.06 bits per heavy atom. The molecule has 1 aromatic rings. The molecule has 3 nitrogen and oxygen atoms in total. The number of nitrogens with zero attached hydrogens (tertiary/aromatic N) is 1. The molecule has 98 valence electrons. The Labute approximate surface area is 109 Å². The molecule has 1 amide bonds. The van der Waals surface area contributed by atoms with Crippen molar-refractivity contribution in [1.29, 1.82) is 0 Å². The third-order valence-electron chi connectivity index (χ3n) is 3.54. The fraction of sp³-hybridized carbons (Fsp3) is 0.533. The van der Waals surface area contributed by atoms with Gasteiger partial charge in [-0.25, -0.2) is 0 Å². The Morgan fingerprint density at radius 1 is 1.39 bits per heavy atom. The lowest BCUT2D eigenvalue weighted by molar-refractivity contribution is -0.133. The number of benzene rings is 1. The molecular formula is C15H22N2O. The van der Waals surface area contributed by atoms with Crippen LogP contribution >= 0.6 is 0 Å². The van der Waals surface area contributed by atoms with Crippen LogP contribution in [0.5, 0.6) is 0 Å². The summed E-state index contributed by atoms with van der Waals surface area (Å²) in [5, 5.41) is 0. The maximum atomic E-state index is 12.5. The average molecular weight is 246 g/mol. The lowest BCUT2D eigenvalue weighted by atomic mass is 9.99. The highest BCUT2D eigenvalue weighted by molar-refractivity contribution is 5.83. The van der Waals surface area contributed by atoms with Crippen molar-refractivity contribution in [2.75, 3.05) is 13.1 Å². The SMILES string of the molecule is CC(C(=O)N(CCCN)C1CC1)c1ccccc1. The summed E-state index contributed by atoms with van der Waals surface area (Å²) >= 11 is 0. The molecule has 0 bridgehead atoms. The maximum Gasteiger partial charge on any atom is 0.230 e. The second kappa shape index (κ2) is 6.01. The monoisotopic (exact) mass is 246 g/mol. The van der Waals surface area contributed by atoms with Gasteiger partial charge in [-0.2, -0.15) is 0 Å². The van der Waals surface area contributed by atoms with Gasteiger partial charge >= 0.3 is 0 Å². The van der Waals surface area contributed by atoms with Gasteiger partial charge in [-0.3, -0.25) is 4.79 Å². The summed E-state index contributed by atoms with van der Waals surface area (Å²) in [6, 6.07) is 10.5. The van der Waals surface area contributed by atoms with E-state index in [9.17, 15) is 4.79 Å². The Morgan fingerprint density at radius 3 is 2.61 bits per heavy atom. The zero-order valence-electron chi connectivity index (χ0n) is 11.0. The van der Waals surface area contributed by atoms with Gasteiger partial charge in [0.1, 0.15) is 0 Å². The predicted molar refractivity (Wildman–Crippen MR) is 73.3 cm³/mol. The minimum Gasteiger partial charge on any atom is -0.339 e. The summed E-state index contributed by atoms with van der Waals surface area (Å²) in [6.45, 7) is 3.45. The van der Waals surface area contributed by atoms with E-state index < -0.39 is 0 Å². The molecule has 1 aliphatic rings. The highest BCUT2D eigenvalue weighted by Crippen LogP contribution is 2.30. The van der Waals surface area contributed by atoms with Crippen LogP contribution in [0.2, 0.25) is 0 Å². The quantitative estimate of drug-likeness (QED) is 0.835. The third-order valence-corrected chi connectivity index (χ3v) is 3.54. The molecule has 0 radical (unpaired) electrons. The van der Waals surface area contributed by atoms with Gasteiger partial charge in [-0.05, 0) is 38.3 Å². The standard InChI is InChI=1S/C15H22N2O/c1-12(13-6-3-2-4-7-13)15(18)17(11-5-10-16)14-8-9-14/h2-4,6-7,12,14H,5,8-11,16H2,1H3. The molecule has 0 aliphatic heterocycles. The van der Waals surface area contributed by atoms with Gasteiger partial charge in [0, 0.05) is 12.6 Å². The fourth-order valence-corrected chi connectivity index (χ4v) is 2.25. The second-order valence-electron chi connectivity index (χ2n) is 5.04. The van der Waals surface area contributed by atoms with Gasteiger partial charge in [-0.15, -0.1) is 0 Å². The van der Waals surface area contributed by atoms with Crippen LogP contribution in [0, 0.1) is 0 Å². The first-order valence-corrected chi connectivity index (χ1v) is 6.79. The van der Waals surface area contributed by atoms with E-state index in [1.165, 1.54) is 0 Å². The van der Waals surface area contributed by atoms with Crippen LogP contribution in [0.25, 0.3) is 0 Å². The first-order valence-electron chi connectivity index (χ1n) is 6.79. The summed E-state index contributed by atoms with van der Waals surface area (Å²) in [5.41, 5.74) is 6.64. The number of hydrogen-bond acceptors (Lipinski definition) is 2. The van der Waals surface area contributed by atoms with Crippen molar-refractivity contribution < 1.29 is 4.79 Å². The van der Waals surface area contributed by atoms with Crippen molar-refractivity contribution >= 4 is 5.91 Å². The van der Waals surface area contributed by atoms with Crippen LogP contribution in [-0.4, -0.2) is 29.9 Å². The first kappa shape index (κ1) is 13.1. The summed E-state index contributed by atoms with van der Waals surface area (Å²) < 4.78 is 0. The molecular weight excluding hydrogens is 224 g/mol. The lowest BCUT2D eigenvalue weighted by Crippen LogP contribution is -2.37. The molecule has 1 atom stereocenters. The van der Waals surface area contributed by atoms with Gasteiger partial charge in [-0.1, -0.05) is 30.3 Å². The van der Waals surface area contributed by atoms with Crippen LogP contribution in [0.15, 0.2) is 30.3 Å². The minimum atomic E-state index is -0.0513. The van der Waals surface area contributed by atoms with Crippen molar-refractivity contribution in [3.05, 3.63) is 35.9 Å². The van der Waals surface area contributed by atoms with E-state index in [1.807, 2.05) is 42.2 Å². The van der Waals surface area contributed by atoms with Crippen molar-refractivity contribution in [1.82, 2.24) is 4.90 Å². The molecule has 3 heteroatoms. The Hall–Kier alpha value is -1.35. The zero-order chi connectivity index (χ0) is 13.0. The van der Waals surface area contributed by atoms with Crippen LogP contribution < -0.4 is 5.73 Å². The number of hydrogen-bond donors (Lipinski definition) is 1. The van der Waals surface area contributed by atoms with Crippen molar-refractivity contribution in [2.24, 2.45) is 5.73 Å². The molecule has 2 N–H and O–H groups in total. The van der Waals surface area contributed by atoms with Gasteiger partial charge < -0.3 is 10.6 Å². The van der Waals surface area contributed by atoms with Crippen molar-refractivity contribution in [3.8, 4) is 0 Å². The molecule has 1 fully saturated rings. The maximum absolute atomic E-state index is 12.5. The molecule has 1 aromatic carbocycles. The summed E-state index contributed by atoms with van der Waals surface area (Å²) in [5.74, 6) is 0.196. The van der Waals surface area contributed by atoms with Crippen LogP contribution in [0.4, 0.5) is 0 Å². The Kier molecular flexibility index (Phi) is 4.37. The highest BCUT2D eigenvalue weighted by Gasteiger charge is 2.34. The van der Waals surface area contributed by atoms with E-state index in [0.29, 0.717) is 12.6 Å². The molecule has 1 aliphatic carbocycles. The van der Waals surface area contributed by atoms with Gasteiger partial charge in [0.25, 0.3) is 0 Å². The van der Waals surface area contributed by atoms with Gasteiger partial charge in [0.15, 0.2) is 0 Å². The van der Waals surface area contributed by atoms with E-state index >= 15 is 0 Å². The first-order chi connectivity index (χ1) is 8.74. The number of carbonyl (C=O) groups is 1. The molecule has 1 unspecified atom stereocenters. The summed E-state index contributed by atoms with van der Waals surface area (Å²) in [7, 11) is 0. The molecule has 0 saturated heterocycles. The van der Waals surface area contributed by atoms with Crippen molar-refractivity contribution in [3.63, 3.8) is 0 Å². The van der Waals surface area contributed by atoms with Crippen LogP contribution in [0.1, 0.15) is 37.7 Å². The number of nitrogens with two attached hydrogens (primary N) is 1. The largest absolute Gasteiger partial charge is 0.339 e. The van der Waals surface area contributed by atoms with Gasteiger partial charge in [0.2, 0.25) is 5.91 Å². The minimum absolute atomic E-state index is 0.0513. The van der Waals surface area contributed by atoms with Crippen LogP contribution in [0.3, 0.4) is 0 Å². The highest BCUT2D eigenvalue weighted by atomic mass is 16.2.